The van der Waals surface area contributed by atoms with Crippen LogP contribution < -0.4 is 15.8 Å². The van der Waals surface area contributed by atoms with Crippen molar-refractivity contribution in [2.75, 3.05) is 7.11 Å². The molecule has 1 heterocycles. The van der Waals surface area contributed by atoms with Gasteiger partial charge in [-0.1, -0.05) is 29.4 Å². The Morgan fingerprint density at radius 2 is 2.14 bits per heavy atom. The van der Waals surface area contributed by atoms with Crippen LogP contribution in [0.25, 0.3) is 0 Å². The first-order chi connectivity index (χ1) is 10.2. The van der Waals surface area contributed by atoms with Crippen molar-refractivity contribution in [3.05, 3.63) is 59.3 Å². The molecule has 0 atom stereocenters. The van der Waals surface area contributed by atoms with Gasteiger partial charge in [-0.3, -0.25) is 0 Å². The molecular formula is C15H18N4O2. The van der Waals surface area contributed by atoms with Gasteiger partial charge in [0.05, 0.1) is 7.11 Å². The molecule has 4 N–H and O–H groups in total. The van der Waals surface area contributed by atoms with E-state index in [0.29, 0.717) is 19.0 Å². The number of methoxy groups -OCH3 is 1. The standard InChI is InChI=1S/C15H18N4O2/c1-21-14-8-11(6-7-18-14)9-17-10-12-4-2-3-5-13(12)15(16)19-20/h2-8,17,20H,9-10H2,1H3,(H2,16,19). The first kappa shape index (κ1) is 14.8. The van der Waals surface area contributed by atoms with Gasteiger partial charge in [-0.15, -0.1) is 0 Å². The molecule has 0 saturated heterocycles. The predicted octanol–water partition coefficient (Wildman–Crippen LogP) is 1.47. The lowest BCUT2D eigenvalue weighted by Gasteiger charge is -2.10. The highest BCUT2D eigenvalue weighted by molar-refractivity contribution is 5.98. The van der Waals surface area contributed by atoms with Crippen LogP contribution in [-0.2, 0) is 13.1 Å². The summed E-state index contributed by atoms with van der Waals surface area (Å²) in [5.41, 5.74) is 8.42. The monoisotopic (exact) mass is 286 g/mol. The third-order valence-corrected chi connectivity index (χ3v) is 3.05. The number of aromatic nitrogens is 1. The third-order valence-electron chi connectivity index (χ3n) is 3.05. The number of hydrogen-bond acceptors (Lipinski definition) is 5. The molecule has 6 heteroatoms. The van der Waals surface area contributed by atoms with Crippen LogP contribution in [0, 0.1) is 0 Å². The van der Waals surface area contributed by atoms with E-state index >= 15 is 0 Å². The first-order valence-corrected chi connectivity index (χ1v) is 6.50. The lowest BCUT2D eigenvalue weighted by molar-refractivity contribution is 0.318. The number of oxime groups is 1. The van der Waals surface area contributed by atoms with Crippen LogP contribution in [0.1, 0.15) is 16.7 Å². The van der Waals surface area contributed by atoms with Crippen molar-refractivity contribution in [2.24, 2.45) is 10.9 Å². The summed E-state index contributed by atoms with van der Waals surface area (Å²) in [7, 11) is 1.59. The molecule has 0 fully saturated rings. The smallest absolute Gasteiger partial charge is 0.213 e. The molecule has 6 nitrogen and oxygen atoms in total. The molecule has 0 radical (unpaired) electrons. The molecule has 0 aliphatic rings. The van der Waals surface area contributed by atoms with Gasteiger partial charge in [0.2, 0.25) is 5.88 Å². The normalized spacial score (nSPS) is 11.4. The quantitative estimate of drug-likeness (QED) is 0.324. The largest absolute Gasteiger partial charge is 0.481 e. The lowest BCUT2D eigenvalue weighted by Crippen LogP contribution is -2.19. The predicted molar refractivity (Wildman–Crippen MR) is 80.3 cm³/mol. The Bertz CT molecular complexity index is 629. The third kappa shape index (κ3) is 3.93. The summed E-state index contributed by atoms with van der Waals surface area (Å²) < 4.78 is 5.09. The van der Waals surface area contributed by atoms with E-state index in [2.05, 4.69) is 15.5 Å². The highest BCUT2D eigenvalue weighted by Gasteiger charge is 2.06. The maximum Gasteiger partial charge on any atom is 0.213 e. The summed E-state index contributed by atoms with van der Waals surface area (Å²) in [6.07, 6.45) is 1.71. The number of nitrogens with two attached hydrogens (primary N) is 1. The summed E-state index contributed by atoms with van der Waals surface area (Å²) in [4.78, 5) is 4.06. The van der Waals surface area contributed by atoms with E-state index in [0.717, 1.165) is 16.7 Å². The molecule has 0 unspecified atom stereocenters. The van der Waals surface area contributed by atoms with Crippen LogP contribution in [0.2, 0.25) is 0 Å². The molecule has 0 aliphatic heterocycles. The Morgan fingerprint density at radius 1 is 1.33 bits per heavy atom. The number of amidine groups is 1. The Balaban J connectivity index is 2.00. The summed E-state index contributed by atoms with van der Waals surface area (Å²) in [6, 6.07) is 11.3. The highest BCUT2D eigenvalue weighted by atomic mass is 16.5. The van der Waals surface area contributed by atoms with Crippen LogP contribution in [-0.4, -0.2) is 23.1 Å². The molecule has 2 rings (SSSR count). The van der Waals surface area contributed by atoms with Crippen molar-refractivity contribution in [3.63, 3.8) is 0 Å². The van der Waals surface area contributed by atoms with E-state index < -0.39 is 0 Å². The molecule has 0 saturated carbocycles. The number of nitrogens with zero attached hydrogens (tertiary/aromatic N) is 2. The zero-order chi connectivity index (χ0) is 15.1. The van der Waals surface area contributed by atoms with Crippen molar-refractivity contribution in [1.82, 2.24) is 10.3 Å². The van der Waals surface area contributed by atoms with E-state index in [-0.39, 0.29) is 5.84 Å². The number of nitrogens with one attached hydrogen (secondary N) is 1. The van der Waals surface area contributed by atoms with Gasteiger partial charge >= 0.3 is 0 Å². The van der Waals surface area contributed by atoms with Crippen molar-refractivity contribution >= 4 is 5.84 Å². The average molecular weight is 286 g/mol. The minimum atomic E-state index is 0.109. The molecule has 0 amide bonds. The molecule has 1 aromatic carbocycles. The first-order valence-electron chi connectivity index (χ1n) is 6.50. The fraction of sp³-hybridized carbons (Fsp3) is 0.200. The molecule has 2 aromatic rings. The average Bonchev–Trinajstić information content (AvgIpc) is 2.55. The van der Waals surface area contributed by atoms with Crippen LogP contribution in [0.5, 0.6) is 5.88 Å². The molecule has 21 heavy (non-hydrogen) atoms. The number of benzene rings is 1. The maximum atomic E-state index is 8.80. The molecule has 0 bridgehead atoms. The second kappa shape index (κ2) is 7.25. The van der Waals surface area contributed by atoms with E-state index in [4.69, 9.17) is 15.7 Å². The highest BCUT2D eigenvalue weighted by Crippen LogP contribution is 2.10. The van der Waals surface area contributed by atoms with Gasteiger partial charge in [0, 0.05) is 30.9 Å². The van der Waals surface area contributed by atoms with Gasteiger partial charge in [-0.25, -0.2) is 4.98 Å². The zero-order valence-corrected chi connectivity index (χ0v) is 11.8. The van der Waals surface area contributed by atoms with E-state index in [1.807, 2.05) is 36.4 Å². The summed E-state index contributed by atoms with van der Waals surface area (Å²) >= 11 is 0. The zero-order valence-electron chi connectivity index (χ0n) is 11.8. The number of pyridine rings is 1. The van der Waals surface area contributed by atoms with Gasteiger partial charge in [0.15, 0.2) is 5.84 Å². The van der Waals surface area contributed by atoms with Gasteiger partial charge in [-0.2, -0.15) is 0 Å². The maximum absolute atomic E-state index is 8.80. The second-order valence-corrected chi connectivity index (χ2v) is 4.45. The Morgan fingerprint density at radius 3 is 2.90 bits per heavy atom. The number of hydrogen-bond donors (Lipinski definition) is 3. The lowest BCUT2D eigenvalue weighted by atomic mass is 10.1. The number of rotatable bonds is 6. The molecule has 0 aliphatic carbocycles. The minimum absolute atomic E-state index is 0.109. The van der Waals surface area contributed by atoms with Crippen LogP contribution in [0.15, 0.2) is 47.8 Å². The summed E-state index contributed by atoms with van der Waals surface area (Å²) in [5.74, 6) is 0.698. The second-order valence-electron chi connectivity index (χ2n) is 4.45. The molecular weight excluding hydrogens is 268 g/mol. The van der Waals surface area contributed by atoms with Crippen LogP contribution in [0.3, 0.4) is 0 Å². The molecule has 0 spiro atoms. The summed E-state index contributed by atoms with van der Waals surface area (Å²) in [6.45, 7) is 1.28. The van der Waals surface area contributed by atoms with Gasteiger partial charge in [-0.05, 0) is 17.2 Å². The van der Waals surface area contributed by atoms with Crippen molar-refractivity contribution in [1.29, 1.82) is 0 Å². The van der Waals surface area contributed by atoms with E-state index in [1.165, 1.54) is 0 Å². The Kier molecular flexibility index (Phi) is 5.11. The summed E-state index contributed by atoms with van der Waals surface area (Å²) in [5, 5.41) is 15.2. The fourth-order valence-electron chi connectivity index (χ4n) is 1.99. The fourth-order valence-corrected chi connectivity index (χ4v) is 1.99. The SMILES string of the molecule is COc1cc(CNCc2ccccc2C(N)=NO)ccn1. The van der Waals surface area contributed by atoms with Gasteiger partial charge in [0.1, 0.15) is 0 Å². The van der Waals surface area contributed by atoms with Gasteiger partial charge in [0.25, 0.3) is 0 Å². The number of ether oxygens (including phenoxy) is 1. The topological polar surface area (TPSA) is 92.8 Å². The van der Waals surface area contributed by atoms with E-state index in [1.54, 1.807) is 13.3 Å². The Hall–Kier alpha value is -2.60. The van der Waals surface area contributed by atoms with Crippen molar-refractivity contribution in [3.8, 4) is 5.88 Å². The minimum Gasteiger partial charge on any atom is -0.481 e. The van der Waals surface area contributed by atoms with E-state index in [9.17, 15) is 0 Å². The van der Waals surface area contributed by atoms with Gasteiger partial charge < -0.3 is 21.0 Å². The molecule has 110 valence electrons. The van der Waals surface area contributed by atoms with Crippen LogP contribution >= 0.6 is 0 Å². The molecule has 1 aromatic heterocycles. The van der Waals surface area contributed by atoms with Crippen molar-refractivity contribution in [2.45, 2.75) is 13.1 Å². The Labute approximate surface area is 123 Å². The van der Waals surface area contributed by atoms with Crippen molar-refractivity contribution < 1.29 is 9.94 Å². The van der Waals surface area contributed by atoms with Crippen LogP contribution in [0.4, 0.5) is 0 Å².